The molecular weight excluding hydrogens is 241 g/mol. The monoisotopic (exact) mass is 259 g/mol. The van der Waals surface area contributed by atoms with Gasteiger partial charge in [0.05, 0.1) is 6.54 Å². The van der Waals surface area contributed by atoms with Crippen molar-refractivity contribution in [2.45, 2.75) is 38.9 Å². The van der Waals surface area contributed by atoms with Gasteiger partial charge in [0.2, 0.25) is 0 Å². The molecule has 0 atom stereocenters. The summed E-state index contributed by atoms with van der Waals surface area (Å²) in [7, 11) is 0. The highest BCUT2D eigenvalue weighted by atomic mass is 19.1. The molecule has 0 unspecified atom stereocenters. The molecule has 4 heteroatoms. The van der Waals surface area contributed by atoms with E-state index in [-0.39, 0.29) is 5.82 Å². The Balaban J connectivity index is 1.75. The third-order valence-electron chi connectivity index (χ3n) is 3.53. The highest BCUT2D eigenvalue weighted by Gasteiger charge is 2.20. The maximum Gasteiger partial charge on any atom is 0.128 e. The van der Waals surface area contributed by atoms with Crippen molar-refractivity contribution in [2.75, 3.05) is 0 Å². The Kier molecular flexibility index (Phi) is 3.34. The van der Waals surface area contributed by atoms with Gasteiger partial charge in [-0.25, -0.2) is 4.39 Å². The number of rotatable bonds is 5. The van der Waals surface area contributed by atoms with Crippen molar-refractivity contribution in [3.63, 3.8) is 0 Å². The van der Waals surface area contributed by atoms with Gasteiger partial charge in [0.15, 0.2) is 0 Å². The largest absolute Gasteiger partial charge is 0.310 e. The standard InChI is InChI=1S/C15H18FN3/c1-11-6-7-18-19(11)10-13-8-12(2-5-15(13)16)9-17-14-3-4-14/h2,5-8,14,17H,3-4,9-10H2,1H3. The molecule has 1 N–H and O–H groups in total. The van der Waals surface area contributed by atoms with E-state index in [1.807, 2.05) is 29.8 Å². The van der Waals surface area contributed by atoms with Crippen LogP contribution in [0.5, 0.6) is 0 Å². The molecule has 0 saturated heterocycles. The molecule has 1 aromatic carbocycles. The molecular formula is C15H18FN3. The number of aromatic nitrogens is 2. The van der Waals surface area contributed by atoms with E-state index >= 15 is 0 Å². The number of hydrogen-bond acceptors (Lipinski definition) is 2. The van der Waals surface area contributed by atoms with Crippen LogP contribution in [0, 0.1) is 12.7 Å². The lowest BCUT2D eigenvalue weighted by molar-refractivity contribution is 0.577. The Morgan fingerprint density at radius 3 is 2.89 bits per heavy atom. The van der Waals surface area contributed by atoms with Crippen LogP contribution in [0.2, 0.25) is 0 Å². The molecule has 19 heavy (non-hydrogen) atoms. The first kappa shape index (κ1) is 12.4. The molecule has 1 saturated carbocycles. The predicted octanol–water partition coefficient (Wildman–Crippen LogP) is 2.63. The maximum absolute atomic E-state index is 13.8. The molecule has 0 spiro atoms. The fourth-order valence-corrected chi connectivity index (χ4v) is 2.13. The molecule has 0 amide bonds. The van der Waals surface area contributed by atoms with Gasteiger partial charge in [-0.2, -0.15) is 5.10 Å². The van der Waals surface area contributed by atoms with Crippen LogP contribution in [0.3, 0.4) is 0 Å². The Labute approximate surface area is 112 Å². The zero-order valence-electron chi connectivity index (χ0n) is 11.1. The summed E-state index contributed by atoms with van der Waals surface area (Å²) in [4.78, 5) is 0. The fourth-order valence-electron chi connectivity index (χ4n) is 2.13. The third-order valence-corrected chi connectivity index (χ3v) is 3.53. The van der Waals surface area contributed by atoms with Crippen molar-refractivity contribution >= 4 is 0 Å². The van der Waals surface area contributed by atoms with Gasteiger partial charge in [-0.1, -0.05) is 6.07 Å². The number of benzene rings is 1. The van der Waals surface area contributed by atoms with Crippen molar-refractivity contribution in [3.8, 4) is 0 Å². The van der Waals surface area contributed by atoms with Crippen LogP contribution in [0.25, 0.3) is 0 Å². The molecule has 100 valence electrons. The summed E-state index contributed by atoms with van der Waals surface area (Å²) >= 11 is 0. The summed E-state index contributed by atoms with van der Waals surface area (Å²) in [5, 5.41) is 7.65. The van der Waals surface area contributed by atoms with E-state index in [4.69, 9.17) is 0 Å². The first-order chi connectivity index (χ1) is 9.22. The second kappa shape index (κ2) is 5.13. The van der Waals surface area contributed by atoms with Crippen molar-refractivity contribution in [3.05, 3.63) is 53.1 Å². The van der Waals surface area contributed by atoms with Gasteiger partial charge in [0.1, 0.15) is 5.82 Å². The quantitative estimate of drug-likeness (QED) is 0.894. The average molecular weight is 259 g/mol. The van der Waals surface area contributed by atoms with Gasteiger partial charge in [-0.3, -0.25) is 4.68 Å². The molecule has 3 nitrogen and oxygen atoms in total. The molecule has 0 aliphatic heterocycles. The topological polar surface area (TPSA) is 29.9 Å². The molecule has 3 rings (SSSR count). The lowest BCUT2D eigenvalue weighted by atomic mass is 10.1. The number of nitrogens with one attached hydrogen (secondary N) is 1. The number of hydrogen-bond donors (Lipinski definition) is 1. The summed E-state index contributed by atoms with van der Waals surface area (Å²) in [5.74, 6) is -0.162. The highest BCUT2D eigenvalue weighted by molar-refractivity contribution is 5.25. The van der Waals surface area contributed by atoms with Gasteiger partial charge in [-0.05, 0) is 43.5 Å². The van der Waals surface area contributed by atoms with E-state index in [0.29, 0.717) is 18.2 Å². The SMILES string of the molecule is Cc1ccnn1Cc1cc(CNC2CC2)ccc1F. The van der Waals surface area contributed by atoms with Crippen LogP contribution in [0.4, 0.5) is 4.39 Å². The Morgan fingerprint density at radius 2 is 2.21 bits per heavy atom. The highest BCUT2D eigenvalue weighted by Crippen LogP contribution is 2.20. The van der Waals surface area contributed by atoms with Gasteiger partial charge in [0, 0.05) is 30.0 Å². The second-order valence-corrected chi connectivity index (χ2v) is 5.21. The minimum absolute atomic E-state index is 0.162. The number of nitrogens with zero attached hydrogens (tertiary/aromatic N) is 2. The van der Waals surface area contributed by atoms with Gasteiger partial charge >= 0.3 is 0 Å². The van der Waals surface area contributed by atoms with Crippen LogP contribution in [-0.2, 0) is 13.1 Å². The molecule has 0 bridgehead atoms. The van der Waals surface area contributed by atoms with Crippen molar-refractivity contribution in [1.29, 1.82) is 0 Å². The first-order valence-electron chi connectivity index (χ1n) is 6.71. The Bertz CT molecular complexity index is 573. The number of halogens is 1. The van der Waals surface area contributed by atoms with Crippen LogP contribution >= 0.6 is 0 Å². The van der Waals surface area contributed by atoms with Crippen LogP contribution in [0.15, 0.2) is 30.5 Å². The fraction of sp³-hybridized carbons (Fsp3) is 0.400. The summed E-state index contributed by atoms with van der Waals surface area (Å²) in [6.07, 6.45) is 4.27. The van der Waals surface area contributed by atoms with Gasteiger partial charge < -0.3 is 5.32 Å². The van der Waals surface area contributed by atoms with Crippen molar-refractivity contribution < 1.29 is 4.39 Å². The van der Waals surface area contributed by atoms with Crippen molar-refractivity contribution in [1.82, 2.24) is 15.1 Å². The smallest absolute Gasteiger partial charge is 0.128 e. The first-order valence-corrected chi connectivity index (χ1v) is 6.71. The normalized spacial score (nSPS) is 14.8. The van der Waals surface area contributed by atoms with Gasteiger partial charge in [-0.15, -0.1) is 0 Å². The van der Waals surface area contributed by atoms with Crippen molar-refractivity contribution in [2.24, 2.45) is 0 Å². The average Bonchev–Trinajstić information content (AvgIpc) is 3.15. The van der Waals surface area contributed by atoms with E-state index in [0.717, 1.165) is 17.8 Å². The summed E-state index contributed by atoms with van der Waals surface area (Å²) in [5.41, 5.74) is 2.87. The molecule has 1 aliphatic carbocycles. The molecule has 1 aromatic heterocycles. The Morgan fingerprint density at radius 1 is 1.37 bits per heavy atom. The lowest BCUT2D eigenvalue weighted by Gasteiger charge is -2.09. The zero-order valence-corrected chi connectivity index (χ0v) is 11.1. The molecule has 1 heterocycles. The minimum Gasteiger partial charge on any atom is -0.310 e. The van der Waals surface area contributed by atoms with E-state index in [1.54, 1.807) is 12.3 Å². The molecule has 1 aliphatic rings. The zero-order chi connectivity index (χ0) is 13.2. The molecule has 1 fully saturated rings. The van der Waals surface area contributed by atoms with Crippen LogP contribution in [-0.4, -0.2) is 15.8 Å². The Hall–Kier alpha value is -1.68. The van der Waals surface area contributed by atoms with Crippen LogP contribution in [0.1, 0.15) is 29.7 Å². The van der Waals surface area contributed by atoms with E-state index in [1.165, 1.54) is 12.8 Å². The van der Waals surface area contributed by atoms with Gasteiger partial charge in [0.25, 0.3) is 0 Å². The summed E-state index contributed by atoms with van der Waals surface area (Å²) in [6.45, 7) is 3.28. The summed E-state index contributed by atoms with van der Waals surface area (Å²) < 4.78 is 15.7. The van der Waals surface area contributed by atoms with E-state index < -0.39 is 0 Å². The second-order valence-electron chi connectivity index (χ2n) is 5.21. The molecule has 2 aromatic rings. The van der Waals surface area contributed by atoms with E-state index in [9.17, 15) is 4.39 Å². The van der Waals surface area contributed by atoms with E-state index in [2.05, 4.69) is 10.4 Å². The molecule has 0 radical (unpaired) electrons. The minimum atomic E-state index is -0.162. The maximum atomic E-state index is 13.8. The van der Waals surface area contributed by atoms with Crippen LogP contribution < -0.4 is 5.32 Å². The lowest BCUT2D eigenvalue weighted by Crippen LogP contribution is -2.15. The number of aryl methyl sites for hydroxylation is 1. The predicted molar refractivity (Wildman–Crippen MR) is 72.3 cm³/mol. The summed E-state index contributed by atoms with van der Waals surface area (Å²) in [6, 6.07) is 7.94. The third kappa shape index (κ3) is 3.01.